The lowest BCUT2D eigenvalue weighted by atomic mass is 10.4. The molecule has 1 aliphatic rings. The Kier molecular flexibility index (Phi) is 1.59. The van der Waals surface area contributed by atoms with Gasteiger partial charge in [-0.15, -0.1) is 0 Å². The summed E-state index contributed by atoms with van der Waals surface area (Å²) >= 11 is 0. The van der Waals surface area contributed by atoms with E-state index in [9.17, 15) is 10.4 Å². The highest BCUT2D eigenvalue weighted by atomic mass is 16.7. The Morgan fingerprint density at radius 3 is 2.50 bits per heavy atom. The van der Waals surface area contributed by atoms with Gasteiger partial charge in [-0.3, -0.25) is 0 Å². The summed E-state index contributed by atoms with van der Waals surface area (Å²) in [4.78, 5) is 0. The van der Waals surface area contributed by atoms with Crippen LogP contribution in [0.4, 0.5) is 0 Å². The van der Waals surface area contributed by atoms with Gasteiger partial charge < -0.3 is 10.4 Å². The molecule has 0 aromatic carbocycles. The number of nitrogens with one attached hydrogen (secondary N) is 2. The van der Waals surface area contributed by atoms with Gasteiger partial charge >= 0.3 is 0 Å². The molecule has 0 saturated carbocycles. The summed E-state index contributed by atoms with van der Waals surface area (Å²) in [6.45, 7) is 0.398. The van der Waals surface area contributed by atoms with Crippen molar-refractivity contribution in [2.24, 2.45) is 0 Å². The van der Waals surface area contributed by atoms with Crippen molar-refractivity contribution in [1.82, 2.24) is 0 Å². The Balaban J connectivity index is 2.47. The highest BCUT2D eigenvalue weighted by Gasteiger charge is 2.04. The summed E-state index contributed by atoms with van der Waals surface area (Å²) in [6, 6.07) is 0. The van der Waals surface area contributed by atoms with Gasteiger partial charge in [0.05, 0.1) is 0 Å². The van der Waals surface area contributed by atoms with E-state index in [-0.39, 0.29) is 10.3 Å². The van der Waals surface area contributed by atoms with E-state index in [4.69, 9.17) is 0 Å². The minimum absolute atomic E-state index is 0.257. The fourth-order valence-electron chi connectivity index (χ4n) is 0.621. The predicted octanol–water partition coefficient (Wildman–Crippen LogP) is -2.42. The van der Waals surface area contributed by atoms with Gasteiger partial charge in [0.1, 0.15) is 12.7 Å². The van der Waals surface area contributed by atoms with Crippen LogP contribution in [-0.4, -0.2) is 6.54 Å². The Morgan fingerprint density at radius 2 is 2.12 bits per heavy atom. The molecule has 46 valence electrons. The molecule has 0 radical (unpaired) electrons. The molecular weight excluding hydrogens is 108 g/mol. The average Bonchev–Trinajstić information content (AvgIpc) is 1.77. The van der Waals surface area contributed by atoms with E-state index >= 15 is 0 Å². The van der Waals surface area contributed by atoms with E-state index in [0.717, 1.165) is 6.42 Å². The molecule has 0 fully saturated rings. The maximum Gasteiger partial charge on any atom is 0.139 e. The van der Waals surface area contributed by atoms with Crippen LogP contribution < -0.4 is 10.3 Å². The van der Waals surface area contributed by atoms with Crippen LogP contribution in [0.3, 0.4) is 0 Å². The standard InChI is InChI=1S/C4H8N2O2/c7-5-3-1-2-4-6(5)8/h1,3,5-6H,2,4H2. The summed E-state index contributed by atoms with van der Waals surface area (Å²) in [5, 5.41) is 20.1. The molecule has 2 unspecified atom stereocenters. The number of rotatable bonds is 0. The second kappa shape index (κ2) is 2.23. The lowest BCUT2D eigenvalue weighted by molar-refractivity contribution is -1.44. The summed E-state index contributed by atoms with van der Waals surface area (Å²) in [6.07, 6.45) is 3.79. The summed E-state index contributed by atoms with van der Waals surface area (Å²) in [7, 11) is 0. The van der Waals surface area contributed by atoms with Crippen LogP contribution in [0.15, 0.2) is 12.3 Å². The first-order valence-electron chi connectivity index (χ1n) is 2.54. The highest BCUT2D eigenvalue weighted by Crippen LogP contribution is 1.73. The zero-order valence-corrected chi connectivity index (χ0v) is 4.39. The molecule has 0 spiro atoms. The quantitative estimate of drug-likeness (QED) is 0.346. The van der Waals surface area contributed by atoms with Crippen LogP contribution in [0.2, 0.25) is 0 Å². The molecule has 2 atom stereocenters. The molecular formula is C4H8N2O2. The van der Waals surface area contributed by atoms with Crippen LogP contribution in [0, 0.1) is 10.4 Å². The van der Waals surface area contributed by atoms with E-state index in [1.165, 1.54) is 6.20 Å². The van der Waals surface area contributed by atoms with Crippen molar-refractivity contribution in [1.29, 1.82) is 0 Å². The van der Waals surface area contributed by atoms with Crippen LogP contribution in [0.5, 0.6) is 0 Å². The smallest absolute Gasteiger partial charge is 0.139 e. The second-order valence-corrected chi connectivity index (χ2v) is 1.73. The predicted molar refractivity (Wildman–Crippen MR) is 27.3 cm³/mol. The summed E-state index contributed by atoms with van der Waals surface area (Å²) in [5.74, 6) is 0. The molecule has 1 aliphatic heterocycles. The third-order valence-electron chi connectivity index (χ3n) is 1.08. The Hall–Kier alpha value is -0.420. The van der Waals surface area contributed by atoms with Crippen LogP contribution in [-0.2, 0) is 0 Å². The van der Waals surface area contributed by atoms with Gasteiger partial charge in [0.15, 0.2) is 0 Å². The van der Waals surface area contributed by atoms with Crippen molar-refractivity contribution < 1.29 is 10.3 Å². The molecule has 4 heteroatoms. The number of quaternary nitrogens is 2. The van der Waals surface area contributed by atoms with Crippen molar-refractivity contribution in [3.8, 4) is 0 Å². The molecule has 0 amide bonds. The largest absolute Gasteiger partial charge is 0.583 e. The minimum Gasteiger partial charge on any atom is -0.583 e. The Morgan fingerprint density at radius 1 is 1.38 bits per heavy atom. The Bertz CT molecular complexity index is 104. The van der Waals surface area contributed by atoms with Gasteiger partial charge in [0.25, 0.3) is 0 Å². The first kappa shape index (κ1) is 5.71. The van der Waals surface area contributed by atoms with E-state index in [1.807, 2.05) is 0 Å². The highest BCUT2D eigenvalue weighted by molar-refractivity contribution is 4.71. The van der Waals surface area contributed by atoms with Gasteiger partial charge in [-0.1, -0.05) is 0 Å². The third-order valence-corrected chi connectivity index (χ3v) is 1.08. The van der Waals surface area contributed by atoms with Gasteiger partial charge in [0, 0.05) is 6.42 Å². The minimum atomic E-state index is -0.351. The van der Waals surface area contributed by atoms with Crippen molar-refractivity contribution in [3.63, 3.8) is 0 Å². The molecule has 2 N–H and O–H groups in total. The first-order valence-corrected chi connectivity index (χ1v) is 2.54. The average molecular weight is 116 g/mol. The van der Waals surface area contributed by atoms with E-state index < -0.39 is 0 Å². The molecule has 0 bridgehead atoms. The normalized spacial score (nSPS) is 37.8. The molecule has 1 heterocycles. The van der Waals surface area contributed by atoms with Crippen LogP contribution in [0.25, 0.3) is 0 Å². The molecule has 1 rings (SSSR count). The van der Waals surface area contributed by atoms with Crippen LogP contribution in [0.1, 0.15) is 6.42 Å². The van der Waals surface area contributed by atoms with Gasteiger partial charge in [-0.2, -0.15) is 5.17 Å². The lowest BCUT2D eigenvalue weighted by Gasteiger charge is -2.31. The molecule has 8 heavy (non-hydrogen) atoms. The van der Waals surface area contributed by atoms with E-state index in [1.54, 1.807) is 6.08 Å². The van der Waals surface area contributed by atoms with Gasteiger partial charge in [-0.05, 0) is 6.08 Å². The Labute approximate surface area is 47.1 Å². The summed E-state index contributed by atoms with van der Waals surface area (Å²) in [5.41, 5.74) is 0. The molecule has 4 nitrogen and oxygen atoms in total. The monoisotopic (exact) mass is 116 g/mol. The third kappa shape index (κ3) is 1.05. The van der Waals surface area contributed by atoms with Crippen molar-refractivity contribution >= 4 is 0 Å². The maximum absolute atomic E-state index is 10.4. The van der Waals surface area contributed by atoms with Gasteiger partial charge in [0.2, 0.25) is 0 Å². The van der Waals surface area contributed by atoms with Gasteiger partial charge in [-0.25, -0.2) is 5.17 Å². The summed E-state index contributed by atoms with van der Waals surface area (Å²) < 4.78 is 0. The van der Waals surface area contributed by atoms with Crippen LogP contribution >= 0.6 is 0 Å². The molecule has 0 aliphatic carbocycles. The van der Waals surface area contributed by atoms with Crippen molar-refractivity contribution in [2.75, 3.05) is 6.54 Å². The number of hydrogen-bond donors (Lipinski definition) is 2. The first-order chi connectivity index (χ1) is 3.80. The SMILES string of the molecule is [O-][NH+]1C=CCC[NH+]1[O-]. The second-order valence-electron chi connectivity index (χ2n) is 1.73. The van der Waals surface area contributed by atoms with E-state index in [0.29, 0.717) is 6.54 Å². The lowest BCUT2D eigenvalue weighted by Crippen LogP contribution is -3.54. The fraction of sp³-hybridized carbons (Fsp3) is 0.500. The molecule has 0 saturated heterocycles. The number of hydrogen-bond acceptors (Lipinski definition) is 2. The van der Waals surface area contributed by atoms with E-state index in [2.05, 4.69) is 0 Å². The zero-order valence-electron chi connectivity index (χ0n) is 4.39. The topological polar surface area (TPSA) is 55.0 Å². The maximum atomic E-state index is 10.4. The molecule has 0 aromatic rings. The molecule has 0 aromatic heterocycles. The van der Waals surface area contributed by atoms with Crippen molar-refractivity contribution in [3.05, 3.63) is 22.7 Å². The number of hydroxylamine groups is 2. The zero-order chi connectivity index (χ0) is 5.98. The van der Waals surface area contributed by atoms with Crippen molar-refractivity contribution in [2.45, 2.75) is 6.42 Å². The fourth-order valence-corrected chi connectivity index (χ4v) is 0.621.